The number of ether oxygens (including phenoxy) is 1. The van der Waals surface area contributed by atoms with Gasteiger partial charge in [-0.1, -0.05) is 37.6 Å². The first-order valence-electron chi connectivity index (χ1n) is 11.7. The van der Waals surface area contributed by atoms with E-state index in [0.29, 0.717) is 29.9 Å². The summed E-state index contributed by atoms with van der Waals surface area (Å²) in [5, 5.41) is 12.2. The number of hydrogen-bond donors (Lipinski definition) is 1. The van der Waals surface area contributed by atoms with E-state index in [-0.39, 0.29) is 12.3 Å². The molecule has 0 saturated heterocycles. The Morgan fingerprint density at radius 1 is 1.18 bits per heavy atom. The second-order valence-electron chi connectivity index (χ2n) is 8.81. The zero-order chi connectivity index (χ0) is 24.2. The Balaban J connectivity index is 1.86. The summed E-state index contributed by atoms with van der Waals surface area (Å²) >= 11 is 6.16. The molecule has 1 aliphatic heterocycles. The molecule has 178 valence electrons. The molecule has 0 fully saturated rings. The van der Waals surface area contributed by atoms with Crippen LogP contribution in [0.2, 0.25) is 5.02 Å². The lowest BCUT2D eigenvalue weighted by Crippen LogP contribution is -2.25. The van der Waals surface area contributed by atoms with Crippen molar-refractivity contribution in [3.63, 3.8) is 0 Å². The first kappa shape index (κ1) is 24.0. The lowest BCUT2D eigenvalue weighted by Gasteiger charge is -2.15. The van der Waals surface area contributed by atoms with E-state index < -0.39 is 6.04 Å². The predicted octanol–water partition coefficient (Wildman–Crippen LogP) is 5.07. The third-order valence-corrected chi connectivity index (χ3v) is 5.98. The van der Waals surface area contributed by atoms with Gasteiger partial charge in [0.25, 0.3) is 0 Å². The largest absolute Gasteiger partial charge is 0.494 e. The molecule has 1 amide bonds. The Kier molecular flexibility index (Phi) is 7.32. The van der Waals surface area contributed by atoms with Crippen molar-refractivity contribution in [2.24, 2.45) is 10.9 Å². The van der Waals surface area contributed by atoms with Crippen LogP contribution in [-0.2, 0) is 4.79 Å². The fourth-order valence-corrected chi connectivity index (χ4v) is 4.12. The van der Waals surface area contributed by atoms with Crippen LogP contribution in [0, 0.1) is 12.8 Å². The molecule has 2 heterocycles. The van der Waals surface area contributed by atoms with Crippen molar-refractivity contribution in [2.75, 3.05) is 13.2 Å². The van der Waals surface area contributed by atoms with E-state index in [0.717, 1.165) is 40.5 Å². The van der Waals surface area contributed by atoms with E-state index in [1.54, 1.807) is 0 Å². The maximum atomic E-state index is 12.6. The number of aromatic nitrogens is 3. The molecule has 7 nitrogen and oxygen atoms in total. The van der Waals surface area contributed by atoms with Crippen LogP contribution in [0.15, 0.2) is 47.5 Å². The van der Waals surface area contributed by atoms with Gasteiger partial charge in [-0.2, -0.15) is 0 Å². The molecule has 34 heavy (non-hydrogen) atoms. The van der Waals surface area contributed by atoms with Gasteiger partial charge in [-0.3, -0.25) is 14.4 Å². The minimum absolute atomic E-state index is 0.0810. The van der Waals surface area contributed by atoms with E-state index in [4.69, 9.17) is 21.3 Å². The summed E-state index contributed by atoms with van der Waals surface area (Å²) in [5.74, 6) is 2.63. The van der Waals surface area contributed by atoms with Crippen LogP contribution >= 0.6 is 11.6 Å². The highest BCUT2D eigenvalue weighted by atomic mass is 35.5. The Morgan fingerprint density at radius 3 is 2.65 bits per heavy atom. The van der Waals surface area contributed by atoms with Gasteiger partial charge in [-0.25, -0.2) is 0 Å². The molecule has 3 aromatic rings. The first-order valence-corrected chi connectivity index (χ1v) is 12.0. The fourth-order valence-electron chi connectivity index (χ4n) is 4.00. The molecule has 2 aromatic carbocycles. The van der Waals surface area contributed by atoms with Crippen molar-refractivity contribution < 1.29 is 9.53 Å². The van der Waals surface area contributed by atoms with Crippen molar-refractivity contribution in [2.45, 2.75) is 46.6 Å². The van der Waals surface area contributed by atoms with Crippen LogP contribution in [0.25, 0.3) is 5.69 Å². The van der Waals surface area contributed by atoms with Crippen molar-refractivity contribution in [3.05, 3.63) is 70.3 Å². The van der Waals surface area contributed by atoms with Crippen LogP contribution in [0.3, 0.4) is 0 Å². The molecule has 0 radical (unpaired) electrons. The second-order valence-corrected chi connectivity index (χ2v) is 9.25. The lowest BCUT2D eigenvalue weighted by molar-refractivity contribution is -0.121. The molecule has 1 aliphatic rings. The van der Waals surface area contributed by atoms with E-state index in [9.17, 15) is 4.79 Å². The average molecular weight is 480 g/mol. The van der Waals surface area contributed by atoms with Crippen LogP contribution in [0.4, 0.5) is 0 Å². The van der Waals surface area contributed by atoms with Gasteiger partial charge in [0.15, 0.2) is 5.82 Å². The van der Waals surface area contributed by atoms with Crippen molar-refractivity contribution in [1.29, 1.82) is 0 Å². The van der Waals surface area contributed by atoms with Crippen LogP contribution in [-0.4, -0.2) is 39.5 Å². The van der Waals surface area contributed by atoms with Gasteiger partial charge < -0.3 is 10.1 Å². The van der Waals surface area contributed by atoms with Gasteiger partial charge in [0.05, 0.1) is 24.4 Å². The topological polar surface area (TPSA) is 81.4 Å². The number of fused-ring (bicyclic) bond motifs is 3. The van der Waals surface area contributed by atoms with Crippen LogP contribution in [0.5, 0.6) is 5.75 Å². The molecule has 0 aliphatic carbocycles. The van der Waals surface area contributed by atoms with Crippen molar-refractivity contribution in [3.8, 4) is 11.4 Å². The summed E-state index contributed by atoms with van der Waals surface area (Å²) in [6, 6.07) is 13.1. The van der Waals surface area contributed by atoms with Gasteiger partial charge in [0.1, 0.15) is 17.6 Å². The van der Waals surface area contributed by atoms with Crippen molar-refractivity contribution in [1.82, 2.24) is 20.1 Å². The number of halogens is 1. The summed E-state index contributed by atoms with van der Waals surface area (Å²) < 4.78 is 8.06. The third-order valence-electron chi connectivity index (χ3n) is 5.73. The molecule has 0 unspecified atom stereocenters. The standard InChI is InChI=1S/C26H30ClN5O2/c1-5-28-24(33)15-22-26-31-30-17(4)32(26)23-11-10-20(34-13-12-16(2)3)14-21(23)25(29-22)18-6-8-19(27)9-7-18/h6-11,14,16,22H,5,12-13,15H2,1-4H3,(H,28,33)/t22-/m0/s1. The van der Waals surface area contributed by atoms with E-state index >= 15 is 0 Å². The number of carbonyl (C=O) groups is 1. The van der Waals surface area contributed by atoms with Crippen LogP contribution in [0.1, 0.15) is 62.4 Å². The first-order chi connectivity index (χ1) is 16.4. The van der Waals surface area contributed by atoms with Gasteiger partial charge >= 0.3 is 0 Å². The van der Waals surface area contributed by atoms with E-state index in [2.05, 4.69) is 29.4 Å². The molecule has 1 atom stereocenters. The maximum Gasteiger partial charge on any atom is 0.222 e. The highest BCUT2D eigenvalue weighted by Gasteiger charge is 2.30. The molecular weight excluding hydrogens is 450 g/mol. The number of benzene rings is 2. The summed E-state index contributed by atoms with van der Waals surface area (Å²) in [6.07, 6.45) is 1.15. The number of carbonyl (C=O) groups excluding carboxylic acids is 1. The predicted molar refractivity (Wildman–Crippen MR) is 134 cm³/mol. The molecule has 0 saturated carbocycles. The number of nitrogens with zero attached hydrogens (tertiary/aromatic N) is 4. The Hall–Kier alpha value is -3.19. The van der Waals surface area contributed by atoms with Gasteiger partial charge in [-0.05, 0) is 56.5 Å². The lowest BCUT2D eigenvalue weighted by atomic mass is 10.00. The number of aliphatic imine (C=N–C) groups is 1. The normalized spacial score (nSPS) is 14.8. The van der Waals surface area contributed by atoms with E-state index in [1.807, 2.05) is 60.9 Å². The SMILES string of the molecule is CCNC(=O)C[C@@H]1N=C(c2ccc(Cl)cc2)c2cc(OCCC(C)C)ccc2-n2c(C)nnc21. The minimum atomic E-state index is -0.490. The quantitative estimate of drug-likeness (QED) is 0.489. The molecular formula is C26H30ClN5O2. The Bertz CT molecular complexity index is 1200. The number of hydrogen-bond acceptors (Lipinski definition) is 5. The summed E-state index contributed by atoms with van der Waals surface area (Å²) in [5.41, 5.74) is 3.47. The third kappa shape index (κ3) is 5.14. The molecule has 1 aromatic heterocycles. The Morgan fingerprint density at radius 2 is 1.94 bits per heavy atom. The summed E-state index contributed by atoms with van der Waals surface area (Å²) in [7, 11) is 0. The van der Waals surface area contributed by atoms with Gasteiger partial charge in [0, 0.05) is 22.7 Å². The fraction of sp³-hybridized carbons (Fsp3) is 0.385. The maximum absolute atomic E-state index is 12.6. The molecule has 1 N–H and O–H groups in total. The second kappa shape index (κ2) is 10.4. The number of nitrogens with one attached hydrogen (secondary N) is 1. The van der Waals surface area contributed by atoms with Crippen molar-refractivity contribution >= 4 is 23.2 Å². The highest BCUT2D eigenvalue weighted by Crippen LogP contribution is 2.34. The zero-order valence-corrected chi connectivity index (χ0v) is 20.8. The minimum Gasteiger partial charge on any atom is -0.494 e. The number of aryl methyl sites for hydroxylation is 1. The highest BCUT2D eigenvalue weighted by molar-refractivity contribution is 6.30. The summed E-state index contributed by atoms with van der Waals surface area (Å²) in [6.45, 7) is 9.36. The smallest absolute Gasteiger partial charge is 0.222 e. The van der Waals surface area contributed by atoms with Crippen LogP contribution < -0.4 is 10.1 Å². The Labute approximate surface area is 205 Å². The zero-order valence-electron chi connectivity index (χ0n) is 20.0. The molecule has 8 heteroatoms. The van der Waals surface area contributed by atoms with Gasteiger partial charge in [0.2, 0.25) is 5.91 Å². The monoisotopic (exact) mass is 479 g/mol. The number of amides is 1. The molecule has 0 spiro atoms. The average Bonchev–Trinajstić information content (AvgIpc) is 3.12. The van der Waals surface area contributed by atoms with Gasteiger partial charge in [-0.15, -0.1) is 10.2 Å². The number of rotatable bonds is 8. The molecule has 4 rings (SSSR count). The molecule has 0 bridgehead atoms. The summed E-state index contributed by atoms with van der Waals surface area (Å²) in [4.78, 5) is 17.6. The van der Waals surface area contributed by atoms with E-state index in [1.165, 1.54) is 0 Å².